The standard InChI is InChI=1S/C31H26ClN3O4S/c1-22-33-29-15-13-25(31(36)34-40(37,38)17-16-23-8-4-2-5-9-23)18-30(29)35(22)20-26-12-14-27(19-28(26)32)39-21-24-10-6-3-7-11-24/h2-19H,20-21H2,1H3,(H,34,36)/b17-16+. The Kier molecular flexibility index (Phi) is 8.00. The topological polar surface area (TPSA) is 90.3 Å². The Morgan fingerprint density at radius 3 is 2.42 bits per heavy atom. The molecule has 0 aliphatic carbocycles. The lowest BCUT2D eigenvalue weighted by Crippen LogP contribution is -2.28. The summed E-state index contributed by atoms with van der Waals surface area (Å²) in [5, 5.41) is 1.51. The summed E-state index contributed by atoms with van der Waals surface area (Å²) in [7, 11) is -4.00. The number of carbonyl (C=O) groups is 1. The molecule has 40 heavy (non-hydrogen) atoms. The molecule has 0 saturated heterocycles. The summed E-state index contributed by atoms with van der Waals surface area (Å²) < 4.78 is 34.9. The highest BCUT2D eigenvalue weighted by Gasteiger charge is 2.17. The number of sulfonamides is 1. The van der Waals surface area contributed by atoms with E-state index in [-0.39, 0.29) is 5.56 Å². The highest BCUT2D eigenvalue weighted by atomic mass is 35.5. The van der Waals surface area contributed by atoms with Gasteiger partial charge in [-0.2, -0.15) is 0 Å². The van der Waals surface area contributed by atoms with Crippen LogP contribution in [-0.4, -0.2) is 23.9 Å². The summed E-state index contributed by atoms with van der Waals surface area (Å²) in [6, 6.07) is 29.3. The van der Waals surface area contributed by atoms with Gasteiger partial charge >= 0.3 is 0 Å². The number of carbonyl (C=O) groups excluding carboxylic acids is 1. The van der Waals surface area contributed by atoms with Crippen molar-refractivity contribution in [2.45, 2.75) is 20.1 Å². The van der Waals surface area contributed by atoms with Crippen LogP contribution in [-0.2, 0) is 23.2 Å². The van der Waals surface area contributed by atoms with Crippen LogP contribution in [0.4, 0.5) is 0 Å². The average molecular weight is 572 g/mol. The van der Waals surface area contributed by atoms with Gasteiger partial charge in [-0.15, -0.1) is 0 Å². The molecule has 0 atom stereocenters. The zero-order chi connectivity index (χ0) is 28.1. The first-order chi connectivity index (χ1) is 19.3. The van der Waals surface area contributed by atoms with Crippen LogP contribution in [0.1, 0.15) is 32.9 Å². The fourth-order valence-corrected chi connectivity index (χ4v) is 5.21. The highest BCUT2D eigenvalue weighted by Crippen LogP contribution is 2.26. The molecular formula is C31H26ClN3O4S. The van der Waals surface area contributed by atoms with Crippen LogP contribution in [0.5, 0.6) is 5.75 Å². The smallest absolute Gasteiger partial charge is 0.265 e. The minimum absolute atomic E-state index is 0.195. The fourth-order valence-electron chi connectivity index (χ4n) is 4.20. The van der Waals surface area contributed by atoms with Gasteiger partial charge in [-0.3, -0.25) is 4.79 Å². The summed E-state index contributed by atoms with van der Waals surface area (Å²) in [6.07, 6.45) is 1.43. The number of halogens is 1. The van der Waals surface area contributed by atoms with E-state index in [1.807, 2.05) is 60.0 Å². The molecule has 0 aliphatic rings. The molecule has 0 fully saturated rings. The van der Waals surface area contributed by atoms with Gasteiger partial charge in [-0.1, -0.05) is 78.3 Å². The van der Waals surface area contributed by atoms with Crippen molar-refractivity contribution < 1.29 is 17.9 Å². The van der Waals surface area contributed by atoms with Gasteiger partial charge in [0.15, 0.2) is 0 Å². The Balaban J connectivity index is 1.32. The molecule has 5 rings (SSSR count). The lowest BCUT2D eigenvalue weighted by Gasteiger charge is -2.12. The maximum Gasteiger partial charge on any atom is 0.265 e. The molecule has 202 valence electrons. The molecule has 9 heteroatoms. The number of imidazole rings is 1. The Labute approximate surface area is 237 Å². The molecule has 0 saturated carbocycles. The van der Waals surface area contributed by atoms with Gasteiger partial charge in [0.25, 0.3) is 15.9 Å². The van der Waals surface area contributed by atoms with E-state index in [1.165, 1.54) is 6.08 Å². The first kappa shape index (κ1) is 27.2. The van der Waals surface area contributed by atoms with Gasteiger partial charge in [0.05, 0.1) is 23.0 Å². The molecule has 0 aliphatic heterocycles. The van der Waals surface area contributed by atoms with Crippen molar-refractivity contribution >= 4 is 44.6 Å². The second-order valence-electron chi connectivity index (χ2n) is 9.17. The molecule has 7 nitrogen and oxygen atoms in total. The molecule has 0 unspecified atom stereocenters. The first-order valence-electron chi connectivity index (χ1n) is 12.5. The third kappa shape index (κ3) is 6.59. The zero-order valence-corrected chi connectivity index (χ0v) is 23.2. The quantitative estimate of drug-likeness (QED) is 0.222. The molecule has 1 aromatic heterocycles. The fraction of sp³-hybridized carbons (Fsp3) is 0.0968. The lowest BCUT2D eigenvalue weighted by molar-refractivity contribution is 0.0982. The molecule has 0 spiro atoms. The number of ether oxygens (including phenoxy) is 1. The normalized spacial score (nSPS) is 11.7. The van der Waals surface area contributed by atoms with Gasteiger partial charge < -0.3 is 9.30 Å². The van der Waals surface area contributed by atoms with Gasteiger partial charge in [0.1, 0.15) is 18.2 Å². The third-order valence-corrected chi connectivity index (χ3v) is 7.59. The number of fused-ring (bicyclic) bond motifs is 1. The average Bonchev–Trinajstić information content (AvgIpc) is 3.27. The van der Waals surface area contributed by atoms with Crippen molar-refractivity contribution in [1.82, 2.24) is 14.3 Å². The van der Waals surface area contributed by atoms with Crippen LogP contribution in [0.15, 0.2) is 102 Å². The van der Waals surface area contributed by atoms with E-state index in [0.29, 0.717) is 40.5 Å². The molecule has 4 aromatic carbocycles. The van der Waals surface area contributed by atoms with Gasteiger partial charge in [-0.25, -0.2) is 18.1 Å². The Morgan fingerprint density at radius 2 is 1.70 bits per heavy atom. The second kappa shape index (κ2) is 11.8. The van der Waals surface area contributed by atoms with E-state index in [9.17, 15) is 13.2 Å². The first-order valence-corrected chi connectivity index (χ1v) is 14.4. The minimum Gasteiger partial charge on any atom is -0.489 e. The van der Waals surface area contributed by atoms with E-state index in [1.54, 1.807) is 48.5 Å². The number of aromatic nitrogens is 2. The van der Waals surface area contributed by atoms with E-state index >= 15 is 0 Å². The number of benzene rings is 4. The number of hydrogen-bond donors (Lipinski definition) is 1. The number of rotatable bonds is 9. The monoisotopic (exact) mass is 571 g/mol. The van der Waals surface area contributed by atoms with E-state index in [0.717, 1.165) is 22.4 Å². The third-order valence-electron chi connectivity index (χ3n) is 6.28. The van der Waals surface area contributed by atoms with Crippen LogP contribution < -0.4 is 9.46 Å². The lowest BCUT2D eigenvalue weighted by atomic mass is 10.1. The van der Waals surface area contributed by atoms with Crippen molar-refractivity contribution in [2.75, 3.05) is 0 Å². The van der Waals surface area contributed by atoms with Crippen molar-refractivity contribution in [3.05, 3.63) is 136 Å². The largest absolute Gasteiger partial charge is 0.489 e. The van der Waals surface area contributed by atoms with Crippen LogP contribution in [0.25, 0.3) is 17.1 Å². The zero-order valence-electron chi connectivity index (χ0n) is 21.6. The van der Waals surface area contributed by atoms with Gasteiger partial charge in [0.2, 0.25) is 0 Å². The Bertz CT molecular complexity index is 1800. The summed E-state index contributed by atoms with van der Waals surface area (Å²) >= 11 is 6.61. The SMILES string of the molecule is Cc1nc2ccc(C(=O)NS(=O)(=O)/C=C/c3ccccc3)cc2n1Cc1ccc(OCc2ccccc2)cc1Cl. The molecule has 1 amide bonds. The molecule has 1 heterocycles. The number of nitrogens with zero attached hydrogens (tertiary/aromatic N) is 2. The van der Waals surface area contributed by atoms with Gasteiger partial charge in [-0.05, 0) is 60.0 Å². The number of aryl methyl sites for hydroxylation is 1. The molecule has 0 bridgehead atoms. The predicted octanol–water partition coefficient (Wildman–Crippen LogP) is 6.36. The molecule has 0 radical (unpaired) electrons. The van der Waals surface area contributed by atoms with Crippen LogP contribution in [0.3, 0.4) is 0 Å². The maximum absolute atomic E-state index is 12.9. The van der Waals surface area contributed by atoms with Crippen molar-refractivity contribution in [3.8, 4) is 5.75 Å². The molecular weight excluding hydrogens is 546 g/mol. The number of nitrogens with one attached hydrogen (secondary N) is 1. The van der Waals surface area contributed by atoms with Gasteiger partial charge in [0, 0.05) is 10.6 Å². The van der Waals surface area contributed by atoms with E-state index < -0.39 is 15.9 Å². The van der Waals surface area contributed by atoms with E-state index in [2.05, 4.69) is 9.71 Å². The summed E-state index contributed by atoms with van der Waals surface area (Å²) in [5.41, 5.74) is 4.17. The maximum atomic E-state index is 12.9. The van der Waals surface area contributed by atoms with Crippen molar-refractivity contribution in [2.24, 2.45) is 0 Å². The van der Waals surface area contributed by atoms with Crippen LogP contribution in [0.2, 0.25) is 5.02 Å². The summed E-state index contributed by atoms with van der Waals surface area (Å²) in [6.45, 7) is 2.71. The van der Waals surface area contributed by atoms with Crippen molar-refractivity contribution in [3.63, 3.8) is 0 Å². The molecule has 5 aromatic rings. The summed E-state index contributed by atoms with van der Waals surface area (Å²) in [5.74, 6) is 0.653. The van der Waals surface area contributed by atoms with Crippen LogP contribution >= 0.6 is 11.6 Å². The molecule has 1 N–H and O–H groups in total. The highest BCUT2D eigenvalue weighted by molar-refractivity contribution is 7.93. The van der Waals surface area contributed by atoms with Crippen LogP contribution in [0, 0.1) is 6.92 Å². The predicted molar refractivity (Wildman–Crippen MR) is 158 cm³/mol. The minimum atomic E-state index is -4.00. The Morgan fingerprint density at radius 1 is 0.975 bits per heavy atom. The van der Waals surface area contributed by atoms with Crippen molar-refractivity contribution in [1.29, 1.82) is 0 Å². The summed E-state index contributed by atoms with van der Waals surface area (Å²) in [4.78, 5) is 17.5. The number of hydrogen-bond acceptors (Lipinski definition) is 5. The Hall–Kier alpha value is -4.40. The number of amides is 1. The van der Waals surface area contributed by atoms with E-state index in [4.69, 9.17) is 16.3 Å². The second-order valence-corrected chi connectivity index (χ2v) is 11.1.